The Morgan fingerprint density at radius 1 is 1.17 bits per heavy atom. The highest BCUT2D eigenvalue weighted by Gasteiger charge is 2.62. The Morgan fingerprint density at radius 2 is 1.87 bits per heavy atom. The Bertz CT molecular complexity index is 941. The van der Waals surface area contributed by atoms with E-state index < -0.39 is 0 Å². The number of hydrogen-bond donors (Lipinski definition) is 0. The third-order valence-corrected chi connectivity index (χ3v) is 9.21. The molecule has 0 unspecified atom stereocenters. The van der Waals surface area contributed by atoms with Crippen molar-refractivity contribution in [2.75, 3.05) is 7.05 Å². The zero-order valence-corrected chi connectivity index (χ0v) is 19.4. The summed E-state index contributed by atoms with van der Waals surface area (Å²) in [4.78, 5) is 24.4. The number of carbonyl (C=O) groups excluding carboxylic acids is 1. The van der Waals surface area contributed by atoms with E-state index in [1.54, 1.807) is 11.3 Å². The lowest BCUT2D eigenvalue weighted by Gasteiger charge is -2.49. The number of fused-ring (bicyclic) bond motifs is 1. The first-order valence-corrected chi connectivity index (χ1v) is 12.2. The highest BCUT2D eigenvalue weighted by Crippen LogP contribution is 2.55. The number of piperidine rings is 1. The number of amides is 1. The third-order valence-electron chi connectivity index (χ3n) is 8.15. The van der Waals surface area contributed by atoms with Crippen LogP contribution in [0, 0.1) is 19.3 Å². The summed E-state index contributed by atoms with van der Waals surface area (Å²) in [5.41, 5.74) is 2.45. The van der Waals surface area contributed by atoms with Gasteiger partial charge in [-0.25, -0.2) is 4.98 Å². The number of nitrogens with zero attached hydrogens (tertiary/aromatic N) is 3. The Morgan fingerprint density at radius 3 is 2.53 bits per heavy atom. The second-order valence-electron chi connectivity index (χ2n) is 9.88. The molecule has 5 atom stereocenters. The molecular weight excluding hydrogens is 390 g/mol. The van der Waals surface area contributed by atoms with Crippen LogP contribution in [0.15, 0.2) is 30.3 Å². The second kappa shape index (κ2) is 7.45. The number of aromatic nitrogens is 1. The molecule has 30 heavy (non-hydrogen) atoms. The third kappa shape index (κ3) is 3.04. The topological polar surface area (TPSA) is 36.4 Å². The van der Waals surface area contributed by atoms with E-state index in [2.05, 4.69) is 59.1 Å². The van der Waals surface area contributed by atoms with Gasteiger partial charge in [0.2, 0.25) is 0 Å². The smallest absolute Gasteiger partial charge is 0.266 e. The molecule has 3 heterocycles. The second-order valence-corrected chi connectivity index (χ2v) is 11.1. The minimum atomic E-state index is 0.187. The SMILES string of the molecule is Cc1nc(C)c(C(=O)N2[C@H]3CCCC[C@H]4N(C)[C@H](Cc5ccccc5)[C@@H]2C[C@@]34C)s1. The fraction of sp³-hybridized carbons (Fsp3) is 0.600. The molecule has 3 aliphatic rings. The fourth-order valence-electron chi connectivity index (χ4n) is 6.83. The van der Waals surface area contributed by atoms with Crippen molar-refractivity contribution in [3.63, 3.8) is 0 Å². The van der Waals surface area contributed by atoms with E-state index in [0.717, 1.165) is 34.8 Å². The van der Waals surface area contributed by atoms with Crippen LogP contribution in [0.1, 0.15) is 65.0 Å². The number of likely N-dealkylation sites (N-methyl/N-ethyl adjacent to an activating group) is 1. The summed E-state index contributed by atoms with van der Waals surface area (Å²) in [5.74, 6) is 0.228. The van der Waals surface area contributed by atoms with Crippen LogP contribution in [-0.4, -0.2) is 51.9 Å². The van der Waals surface area contributed by atoms with Gasteiger partial charge in [-0.2, -0.15) is 0 Å². The summed E-state index contributed by atoms with van der Waals surface area (Å²) < 4.78 is 0. The Hall–Kier alpha value is -1.72. The number of thiazole rings is 1. The van der Waals surface area contributed by atoms with Crippen LogP contribution < -0.4 is 0 Å². The molecule has 1 aromatic heterocycles. The van der Waals surface area contributed by atoms with Crippen molar-refractivity contribution in [1.29, 1.82) is 0 Å². The number of rotatable bonds is 3. The summed E-state index contributed by atoms with van der Waals surface area (Å²) in [5, 5.41) is 0.987. The Labute approximate surface area is 184 Å². The molecular formula is C25H33N3OS. The summed E-state index contributed by atoms with van der Waals surface area (Å²) in [6.07, 6.45) is 7.02. The molecule has 0 spiro atoms. The average molecular weight is 424 g/mol. The van der Waals surface area contributed by atoms with Crippen LogP contribution in [0.5, 0.6) is 0 Å². The maximum absolute atomic E-state index is 14.0. The van der Waals surface area contributed by atoms with E-state index in [4.69, 9.17) is 0 Å². The van der Waals surface area contributed by atoms with Gasteiger partial charge >= 0.3 is 0 Å². The van der Waals surface area contributed by atoms with Crippen LogP contribution in [0.3, 0.4) is 0 Å². The summed E-state index contributed by atoms with van der Waals surface area (Å²) in [7, 11) is 2.32. The zero-order valence-electron chi connectivity index (χ0n) is 18.6. The number of likely N-dealkylation sites (tertiary alicyclic amines) is 2. The van der Waals surface area contributed by atoms with Crippen molar-refractivity contribution >= 4 is 17.2 Å². The van der Waals surface area contributed by atoms with Crippen molar-refractivity contribution in [3.05, 3.63) is 51.5 Å². The fourth-order valence-corrected chi connectivity index (χ4v) is 7.70. The molecule has 4 nitrogen and oxygen atoms in total. The van der Waals surface area contributed by atoms with Crippen molar-refractivity contribution in [2.45, 2.75) is 83.5 Å². The number of aryl methyl sites for hydroxylation is 2. The monoisotopic (exact) mass is 423 g/mol. The average Bonchev–Trinajstić information content (AvgIpc) is 3.13. The van der Waals surface area contributed by atoms with Gasteiger partial charge in [0.1, 0.15) is 4.88 Å². The lowest BCUT2D eigenvalue weighted by molar-refractivity contribution is 0.0156. The normalized spacial score (nSPS) is 33.5. The minimum absolute atomic E-state index is 0.187. The number of hydrogen-bond acceptors (Lipinski definition) is 4. The number of carbonyl (C=O) groups is 1. The molecule has 3 fully saturated rings. The van der Waals surface area contributed by atoms with Gasteiger partial charge in [-0.15, -0.1) is 11.3 Å². The molecule has 5 heteroatoms. The lowest BCUT2D eigenvalue weighted by atomic mass is 9.69. The lowest BCUT2D eigenvalue weighted by Crippen LogP contribution is -2.58. The maximum atomic E-state index is 14.0. The standard InChI is InChI=1S/C25H33N3OS/c1-16-23(30-17(2)26-16)24(29)28-20-15-25(3)21(12-8-9-13-22(25)28)27(4)19(20)14-18-10-6-5-7-11-18/h5-7,10-11,19-22H,8-9,12-15H2,1-4H3/t19-,20+,21-,22+,25-/m1/s1. The highest BCUT2D eigenvalue weighted by atomic mass is 32.1. The predicted molar refractivity (Wildman–Crippen MR) is 122 cm³/mol. The molecule has 1 saturated carbocycles. The molecule has 0 N–H and O–H groups in total. The summed E-state index contributed by atoms with van der Waals surface area (Å²) in [6.45, 7) is 6.46. The van der Waals surface area contributed by atoms with Crippen LogP contribution in [0.25, 0.3) is 0 Å². The van der Waals surface area contributed by atoms with E-state index in [1.807, 2.05) is 13.8 Å². The van der Waals surface area contributed by atoms with Crippen molar-refractivity contribution < 1.29 is 4.79 Å². The van der Waals surface area contributed by atoms with E-state index in [-0.39, 0.29) is 17.4 Å². The molecule has 5 rings (SSSR count). The predicted octanol–water partition coefficient (Wildman–Crippen LogP) is 4.85. The van der Waals surface area contributed by atoms with Crippen LogP contribution in [-0.2, 0) is 6.42 Å². The summed E-state index contributed by atoms with van der Waals surface area (Å²) >= 11 is 1.57. The Kier molecular flexibility index (Phi) is 5.02. The van der Waals surface area contributed by atoms with Crippen LogP contribution in [0.4, 0.5) is 0 Å². The molecule has 2 aromatic rings. The van der Waals surface area contributed by atoms with Crippen molar-refractivity contribution in [1.82, 2.24) is 14.8 Å². The quantitative estimate of drug-likeness (QED) is 0.708. The van der Waals surface area contributed by atoms with E-state index in [9.17, 15) is 4.79 Å². The van der Waals surface area contributed by atoms with E-state index in [0.29, 0.717) is 18.1 Å². The molecule has 2 bridgehead atoms. The van der Waals surface area contributed by atoms with Crippen LogP contribution >= 0.6 is 11.3 Å². The van der Waals surface area contributed by atoms with Crippen molar-refractivity contribution in [2.24, 2.45) is 5.41 Å². The largest absolute Gasteiger partial charge is 0.330 e. The molecule has 1 aromatic carbocycles. The van der Waals surface area contributed by atoms with Crippen LogP contribution in [0.2, 0.25) is 0 Å². The maximum Gasteiger partial charge on any atom is 0.266 e. The van der Waals surface area contributed by atoms with Crippen molar-refractivity contribution in [3.8, 4) is 0 Å². The van der Waals surface area contributed by atoms with Gasteiger partial charge in [0.05, 0.1) is 10.7 Å². The van der Waals surface area contributed by atoms with Gasteiger partial charge in [0.15, 0.2) is 0 Å². The van der Waals surface area contributed by atoms with E-state index in [1.165, 1.54) is 24.8 Å². The highest BCUT2D eigenvalue weighted by molar-refractivity contribution is 7.13. The number of benzene rings is 1. The first kappa shape index (κ1) is 20.2. The Balaban J connectivity index is 1.57. The van der Waals surface area contributed by atoms with E-state index >= 15 is 0 Å². The van der Waals surface area contributed by atoms with Gasteiger partial charge < -0.3 is 4.90 Å². The zero-order chi connectivity index (χ0) is 21.0. The molecule has 2 aliphatic heterocycles. The molecule has 2 saturated heterocycles. The molecule has 0 radical (unpaired) electrons. The molecule has 160 valence electrons. The molecule has 1 amide bonds. The van der Waals surface area contributed by atoms with Gasteiger partial charge in [-0.05, 0) is 52.1 Å². The molecule has 1 aliphatic carbocycles. The van der Waals surface area contributed by atoms with Gasteiger partial charge in [0.25, 0.3) is 5.91 Å². The van der Waals surface area contributed by atoms with Gasteiger partial charge in [0, 0.05) is 29.6 Å². The summed E-state index contributed by atoms with van der Waals surface area (Å²) in [6, 6.07) is 12.3. The van der Waals surface area contributed by atoms with Gasteiger partial charge in [-0.1, -0.05) is 50.1 Å². The minimum Gasteiger partial charge on any atom is -0.330 e. The first-order valence-electron chi connectivity index (χ1n) is 11.4. The van der Waals surface area contributed by atoms with Gasteiger partial charge in [-0.3, -0.25) is 9.69 Å². The first-order chi connectivity index (χ1) is 14.4.